The highest BCUT2D eigenvalue weighted by atomic mass is 32.1. The molecule has 0 atom stereocenters. The van der Waals surface area contributed by atoms with Gasteiger partial charge in [-0.15, -0.1) is 11.3 Å². The number of nitrogens with zero attached hydrogens (tertiary/aromatic N) is 4. The molecule has 0 amide bonds. The molecule has 0 saturated heterocycles. The number of benzene rings is 8. The Balaban J connectivity index is 1.18. The predicted molar refractivity (Wildman–Crippen MR) is 234 cm³/mol. The lowest BCUT2D eigenvalue weighted by Gasteiger charge is -2.14. The first kappa shape index (κ1) is 32.2. The van der Waals surface area contributed by atoms with Gasteiger partial charge < -0.3 is 4.57 Å². The van der Waals surface area contributed by atoms with E-state index in [4.69, 9.17) is 15.0 Å². The molecule has 0 N–H and O–H groups in total. The van der Waals surface area contributed by atoms with Gasteiger partial charge in [0.15, 0.2) is 17.5 Å². The van der Waals surface area contributed by atoms with E-state index < -0.39 is 0 Å². The fourth-order valence-electron chi connectivity index (χ4n) is 8.20. The van der Waals surface area contributed by atoms with E-state index in [1.165, 1.54) is 31.3 Å². The first-order valence-electron chi connectivity index (χ1n) is 18.8. The fourth-order valence-corrected chi connectivity index (χ4v) is 9.47. The molecule has 0 fully saturated rings. The molecule has 0 radical (unpaired) electrons. The summed E-state index contributed by atoms with van der Waals surface area (Å²) in [5.74, 6) is 1.90. The molecule has 0 unspecified atom stereocenters. The lowest BCUT2D eigenvalue weighted by Crippen LogP contribution is -2.01. The minimum absolute atomic E-state index is 0.632. The maximum absolute atomic E-state index is 5.39. The smallest absolute Gasteiger partial charge is 0.164 e. The van der Waals surface area contributed by atoms with Crippen LogP contribution in [-0.2, 0) is 0 Å². The Kier molecular flexibility index (Phi) is 7.64. The van der Waals surface area contributed by atoms with E-state index in [9.17, 15) is 0 Å². The second-order valence-corrected chi connectivity index (χ2v) is 15.0. The van der Waals surface area contributed by atoms with Crippen LogP contribution in [0.5, 0.6) is 0 Å². The molecule has 0 spiro atoms. The SMILES string of the molecule is c1ccc(-c2nc(-c3ccccc3-c3ccc(-c4ccccc4)c4sc5ccccc5c34)nc(-c3cccc4c3c3ccccc3n4-c3ccccc3)n2)cc1. The molecule has 4 nitrogen and oxygen atoms in total. The molecular weight excluding hydrogens is 701 g/mol. The minimum Gasteiger partial charge on any atom is -0.309 e. The van der Waals surface area contributed by atoms with Gasteiger partial charge in [0.1, 0.15) is 0 Å². The quantitative estimate of drug-likeness (QED) is 0.171. The number of hydrogen-bond donors (Lipinski definition) is 0. The number of thiophene rings is 1. The van der Waals surface area contributed by atoms with Crippen molar-refractivity contribution in [1.29, 1.82) is 0 Å². The molecule has 0 saturated carbocycles. The van der Waals surface area contributed by atoms with Crippen LogP contribution in [0.1, 0.15) is 0 Å². The third-order valence-corrected chi connectivity index (χ3v) is 11.9. The molecule has 0 aliphatic heterocycles. The Morgan fingerprint density at radius 1 is 0.339 bits per heavy atom. The van der Waals surface area contributed by atoms with Crippen molar-refractivity contribution in [2.24, 2.45) is 0 Å². The van der Waals surface area contributed by atoms with Gasteiger partial charge in [-0.1, -0.05) is 164 Å². The summed E-state index contributed by atoms with van der Waals surface area (Å²) in [6.45, 7) is 0. The minimum atomic E-state index is 0.632. The highest BCUT2D eigenvalue weighted by Crippen LogP contribution is 2.47. The van der Waals surface area contributed by atoms with Crippen LogP contribution in [0, 0.1) is 0 Å². The molecule has 0 aliphatic carbocycles. The van der Waals surface area contributed by atoms with Crippen molar-refractivity contribution in [2.75, 3.05) is 0 Å². The van der Waals surface area contributed by atoms with Crippen LogP contribution in [0.4, 0.5) is 0 Å². The summed E-state index contributed by atoms with van der Waals surface area (Å²) in [6.07, 6.45) is 0. The lowest BCUT2D eigenvalue weighted by molar-refractivity contribution is 1.08. The molecule has 0 bridgehead atoms. The van der Waals surface area contributed by atoms with Crippen LogP contribution in [0.2, 0.25) is 0 Å². The molecule has 11 aromatic rings. The van der Waals surface area contributed by atoms with Crippen molar-refractivity contribution in [3.05, 3.63) is 194 Å². The van der Waals surface area contributed by atoms with Crippen molar-refractivity contribution in [3.63, 3.8) is 0 Å². The van der Waals surface area contributed by atoms with Crippen LogP contribution in [0.25, 0.3) is 104 Å². The Labute approximate surface area is 327 Å². The van der Waals surface area contributed by atoms with Crippen LogP contribution in [0.3, 0.4) is 0 Å². The monoisotopic (exact) mass is 732 g/mol. The van der Waals surface area contributed by atoms with Crippen molar-refractivity contribution >= 4 is 53.3 Å². The maximum atomic E-state index is 5.39. The normalized spacial score (nSPS) is 11.6. The van der Waals surface area contributed by atoms with E-state index in [0.29, 0.717) is 17.5 Å². The highest BCUT2D eigenvalue weighted by Gasteiger charge is 2.22. The van der Waals surface area contributed by atoms with Gasteiger partial charge in [0, 0.05) is 53.3 Å². The van der Waals surface area contributed by atoms with Crippen molar-refractivity contribution in [1.82, 2.24) is 19.5 Å². The van der Waals surface area contributed by atoms with Gasteiger partial charge >= 0.3 is 0 Å². The van der Waals surface area contributed by atoms with E-state index in [-0.39, 0.29) is 0 Å². The summed E-state index contributed by atoms with van der Waals surface area (Å²) in [7, 11) is 0. The molecule has 8 aromatic carbocycles. The van der Waals surface area contributed by atoms with E-state index >= 15 is 0 Å². The summed E-state index contributed by atoms with van der Waals surface area (Å²) in [5, 5.41) is 4.75. The number of hydrogen-bond acceptors (Lipinski definition) is 4. The number of aromatic nitrogens is 4. The topological polar surface area (TPSA) is 43.6 Å². The summed E-state index contributed by atoms with van der Waals surface area (Å²) < 4.78 is 4.87. The summed E-state index contributed by atoms with van der Waals surface area (Å²) in [6, 6.07) is 68.4. The average Bonchev–Trinajstić information content (AvgIpc) is 3.84. The van der Waals surface area contributed by atoms with Crippen LogP contribution in [0.15, 0.2) is 194 Å². The summed E-state index contributed by atoms with van der Waals surface area (Å²) >= 11 is 1.85. The second-order valence-electron chi connectivity index (χ2n) is 13.9. The standard InChI is InChI=1S/C51H32N4S/c1-4-17-33(18-5-1)36-31-32-38(47-41-26-13-15-30-45(41)56-48(36)47)37-23-10-11-24-39(37)50-52-49(34-19-6-2-7-20-34)53-51(54-50)42-27-16-29-44-46(42)40-25-12-14-28-43(40)55(44)35-21-8-3-9-22-35/h1-32H. The predicted octanol–water partition coefficient (Wildman–Crippen LogP) is 13.7. The number of fused-ring (bicyclic) bond motifs is 6. The molecule has 0 aliphatic rings. The lowest BCUT2D eigenvalue weighted by atomic mass is 9.92. The third kappa shape index (κ3) is 5.24. The Morgan fingerprint density at radius 2 is 0.893 bits per heavy atom. The molecule has 5 heteroatoms. The van der Waals surface area contributed by atoms with E-state index in [1.807, 2.05) is 29.5 Å². The van der Waals surface area contributed by atoms with Gasteiger partial charge in [-0.2, -0.15) is 0 Å². The van der Waals surface area contributed by atoms with Crippen LogP contribution < -0.4 is 0 Å². The zero-order chi connectivity index (χ0) is 37.0. The largest absolute Gasteiger partial charge is 0.309 e. The summed E-state index contributed by atoms with van der Waals surface area (Å²) in [4.78, 5) is 15.9. The van der Waals surface area contributed by atoms with Crippen LogP contribution >= 0.6 is 11.3 Å². The molecule has 11 rings (SSSR count). The van der Waals surface area contributed by atoms with Gasteiger partial charge in [-0.3, -0.25) is 0 Å². The van der Waals surface area contributed by atoms with Gasteiger partial charge in [-0.05, 0) is 52.6 Å². The zero-order valence-corrected chi connectivity index (χ0v) is 31.0. The molecule has 3 heterocycles. The van der Waals surface area contributed by atoms with Crippen molar-refractivity contribution in [2.45, 2.75) is 0 Å². The van der Waals surface area contributed by atoms with E-state index in [2.05, 4.69) is 180 Å². The Hall–Kier alpha value is -7.21. The molecule has 3 aromatic heterocycles. The zero-order valence-electron chi connectivity index (χ0n) is 30.2. The summed E-state index contributed by atoms with van der Waals surface area (Å²) in [5.41, 5.74) is 10.9. The second kappa shape index (κ2) is 13.3. The molecule has 262 valence electrons. The van der Waals surface area contributed by atoms with E-state index in [0.717, 1.165) is 55.3 Å². The van der Waals surface area contributed by atoms with Gasteiger partial charge in [-0.25, -0.2) is 15.0 Å². The Morgan fingerprint density at radius 3 is 1.68 bits per heavy atom. The van der Waals surface area contributed by atoms with E-state index in [1.54, 1.807) is 0 Å². The molecular formula is C51H32N4S. The third-order valence-electron chi connectivity index (χ3n) is 10.7. The van der Waals surface area contributed by atoms with Gasteiger partial charge in [0.2, 0.25) is 0 Å². The number of rotatable bonds is 6. The first-order valence-corrected chi connectivity index (χ1v) is 19.6. The van der Waals surface area contributed by atoms with Gasteiger partial charge in [0.05, 0.1) is 11.0 Å². The molecule has 56 heavy (non-hydrogen) atoms. The van der Waals surface area contributed by atoms with Crippen LogP contribution in [-0.4, -0.2) is 19.5 Å². The van der Waals surface area contributed by atoms with Crippen molar-refractivity contribution in [3.8, 4) is 62.1 Å². The number of para-hydroxylation sites is 2. The van der Waals surface area contributed by atoms with Gasteiger partial charge in [0.25, 0.3) is 0 Å². The average molecular weight is 733 g/mol. The maximum Gasteiger partial charge on any atom is 0.164 e. The Bertz CT molecular complexity index is 3240. The highest BCUT2D eigenvalue weighted by molar-refractivity contribution is 7.26. The fraction of sp³-hybridized carbons (Fsp3) is 0. The van der Waals surface area contributed by atoms with Crippen molar-refractivity contribution < 1.29 is 0 Å². The first-order chi connectivity index (χ1) is 27.8.